The molecule has 0 unspecified atom stereocenters. The topological polar surface area (TPSA) is 41.6 Å². The molecule has 18 heavy (non-hydrogen) atoms. The van der Waals surface area contributed by atoms with Crippen LogP contribution in [0.1, 0.15) is 27.2 Å². The third-order valence-electron chi connectivity index (χ3n) is 2.79. The number of nitrogens with one attached hydrogen (secondary N) is 1. The standard InChI is InChI=1S/C14H26N2O2/c1-14(2,3)6-5-13(17)15-7-4-8-16-9-11-18-12-10-16/h5-6H,4,7-12H2,1-3H3,(H,15,17)/b6-5+. The molecule has 0 atom stereocenters. The smallest absolute Gasteiger partial charge is 0.243 e. The molecule has 0 aromatic heterocycles. The number of amides is 1. The number of ether oxygens (including phenoxy) is 1. The van der Waals surface area contributed by atoms with E-state index in [1.165, 1.54) is 0 Å². The summed E-state index contributed by atoms with van der Waals surface area (Å²) in [5.74, 6) is 0.00639. The number of carbonyl (C=O) groups excluding carboxylic acids is 1. The van der Waals surface area contributed by atoms with E-state index in [9.17, 15) is 4.79 Å². The van der Waals surface area contributed by atoms with Crippen molar-refractivity contribution in [3.8, 4) is 0 Å². The molecule has 0 aliphatic carbocycles. The molecular weight excluding hydrogens is 228 g/mol. The second-order valence-electron chi connectivity index (χ2n) is 5.80. The molecule has 4 nitrogen and oxygen atoms in total. The lowest BCUT2D eigenvalue weighted by Crippen LogP contribution is -2.38. The minimum absolute atomic E-state index is 0.00639. The van der Waals surface area contributed by atoms with Crippen LogP contribution in [0.5, 0.6) is 0 Å². The average Bonchev–Trinajstić information content (AvgIpc) is 2.33. The summed E-state index contributed by atoms with van der Waals surface area (Å²) in [5.41, 5.74) is 0.0607. The highest BCUT2D eigenvalue weighted by atomic mass is 16.5. The molecule has 0 spiro atoms. The minimum Gasteiger partial charge on any atom is -0.379 e. The van der Waals surface area contributed by atoms with Gasteiger partial charge in [-0.1, -0.05) is 26.8 Å². The zero-order chi connectivity index (χ0) is 13.4. The van der Waals surface area contributed by atoms with Crippen LogP contribution in [0.15, 0.2) is 12.2 Å². The summed E-state index contributed by atoms with van der Waals surface area (Å²) in [6, 6.07) is 0. The van der Waals surface area contributed by atoms with Crippen molar-refractivity contribution in [2.45, 2.75) is 27.2 Å². The van der Waals surface area contributed by atoms with Crippen LogP contribution in [0, 0.1) is 5.41 Å². The van der Waals surface area contributed by atoms with Gasteiger partial charge in [-0.2, -0.15) is 0 Å². The van der Waals surface area contributed by atoms with Crippen molar-refractivity contribution >= 4 is 5.91 Å². The molecule has 1 amide bonds. The number of nitrogens with zero attached hydrogens (tertiary/aromatic N) is 1. The Labute approximate surface area is 110 Å². The van der Waals surface area contributed by atoms with E-state index >= 15 is 0 Å². The van der Waals surface area contributed by atoms with Gasteiger partial charge in [0.1, 0.15) is 0 Å². The van der Waals surface area contributed by atoms with Crippen LogP contribution < -0.4 is 5.32 Å². The number of morpholine rings is 1. The molecule has 0 aromatic rings. The number of carbonyl (C=O) groups is 1. The summed E-state index contributed by atoms with van der Waals surface area (Å²) in [7, 11) is 0. The van der Waals surface area contributed by atoms with Gasteiger partial charge in [-0.15, -0.1) is 0 Å². The van der Waals surface area contributed by atoms with Crippen LogP contribution in [0.3, 0.4) is 0 Å². The summed E-state index contributed by atoms with van der Waals surface area (Å²) >= 11 is 0. The maximum atomic E-state index is 11.5. The SMILES string of the molecule is CC(C)(C)/C=C/C(=O)NCCCN1CCOCC1. The van der Waals surface area contributed by atoms with Gasteiger partial charge in [-0.25, -0.2) is 0 Å². The zero-order valence-electron chi connectivity index (χ0n) is 11.9. The van der Waals surface area contributed by atoms with E-state index in [1.807, 2.05) is 6.08 Å². The molecule has 0 bridgehead atoms. The molecule has 1 fully saturated rings. The van der Waals surface area contributed by atoms with Crippen molar-refractivity contribution < 1.29 is 9.53 Å². The van der Waals surface area contributed by atoms with E-state index in [0.717, 1.165) is 45.8 Å². The lowest BCUT2D eigenvalue weighted by molar-refractivity contribution is -0.116. The fourth-order valence-corrected chi connectivity index (χ4v) is 1.72. The molecule has 1 saturated heterocycles. The first-order valence-electron chi connectivity index (χ1n) is 6.74. The highest BCUT2D eigenvalue weighted by Crippen LogP contribution is 2.13. The molecule has 4 heteroatoms. The highest BCUT2D eigenvalue weighted by Gasteiger charge is 2.09. The van der Waals surface area contributed by atoms with Crippen molar-refractivity contribution in [2.75, 3.05) is 39.4 Å². The molecule has 1 rings (SSSR count). The Morgan fingerprint density at radius 3 is 2.61 bits per heavy atom. The predicted molar refractivity (Wildman–Crippen MR) is 73.5 cm³/mol. The van der Waals surface area contributed by atoms with Gasteiger partial charge in [0, 0.05) is 19.6 Å². The molecule has 1 aliphatic rings. The van der Waals surface area contributed by atoms with Gasteiger partial charge < -0.3 is 10.1 Å². The first-order chi connectivity index (χ1) is 8.47. The van der Waals surface area contributed by atoms with Crippen molar-refractivity contribution in [2.24, 2.45) is 5.41 Å². The summed E-state index contributed by atoms with van der Waals surface area (Å²) < 4.78 is 5.29. The Hall–Kier alpha value is -0.870. The number of hydrogen-bond donors (Lipinski definition) is 1. The molecule has 1 heterocycles. The molecule has 0 aromatic carbocycles. The van der Waals surface area contributed by atoms with Gasteiger partial charge in [-0.05, 0) is 24.5 Å². The van der Waals surface area contributed by atoms with Gasteiger partial charge in [0.25, 0.3) is 0 Å². The fraction of sp³-hybridized carbons (Fsp3) is 0.786. The fourth-order valence-electron chi connectivity index (χ4n) is 1.72. The van der Waals surface area contributed by atoms with Crippen LogP contribution in [0.4, 0.5) is 0 Å². The maximum Gasteiger partial charge on any atom is 0.243 e. The normalized spacial score (nSPS) is 18.2. The number of allylic oxidation sites excluding steroid dienone is 1. The molecule has 1 N–H and O–H groups in total. The van der Waals surface area contributed by atoms with Crippen LogP contribution in [0.2, 0.25) is 0 Å². The van der Waals surface area contributed by atoms with Crippen molar-refractivity contribution in [3.63, 3.8) is 0 Å². The lowest BCUT2D eigenvalue weighted by Gasteiger charge is -2.26. The number of rotatable bonds is 5. The summed E-state index contributed by atoms with van der Waals surface area (Å²) in [6.45, 7) is 11.7. The maximum absolute atomic E-state index is 11.5. The largest absolute Gasteiger partial charge is 0.379 e. The molecule has 0 saturated carbocycles. The van der Waals surface area contributed by atoms with Gasteiger partial charge in [0.15, 0.2) is 0 Å². The molecule has 0 radical (unpaired) electrons. The summed E-state index contributed by atoms with van der Waals surface area (Å²) in [5, 5.41) is 2.91. The van der Waals surface area contributed by atoms with Crippen LogP contribution in [-0.4, -0.2) is 50.2 Å². The summed E-state index contributed by atoms with van der Waals surface area (Å²) in [6.07, 6.45) is 4.56. The second-order valence-corrected chi connectivity index (χ2v) is 5.80. The Balaban J connectivity index is 2.06. The van der Waals surface area contributed by atoms with E-state index in [4.69, 9.17) is 4.74 Å². The van der Waals surface area contributed by atoms with E-state index in [2.05, 4.69) is 31.0 Å². The number of hydrogen-bond acceptors (Lipinski definition) is 3. The van der Waals surface area contributed by atoms with Crippen LogP contribution in [-0.2, 0) is 9.53 Å². The molecular formula is C14H26N2O2. The van der Waals surface area contributed by atoms with Gasteiger partial charge in [0.2, 0.25) is 5.91 Å². The third kappa shape index (κ3) is 7.45. The predicted octanol–water partition coefficient (Wildman–Crippen LogP) is 1.43. The second kappa shape index (κ2) is 7.54. The molecule has 1 aliphatic heterocycles. The van der Waals surface area contributed by atoms with Crippen molar-refractivity contribution in [1.82, 2.24) is 10.2 Å². The minimum atomic E-state index is 0.00639. The Kier molecular flexibility index (Phi) is 6.36. The Bertz CT molecular complexity index is 276. The highest BCUT2D eigenvalue weighted by molar-refractivity contribution is 5.87. The Morgan fingerprint density at radius 2 is 2.00 bits per heavy atom. The quantitative estimate of drug-likeness (QED) is 0.596. The monoisotopic (exact) mass is 254 g/mol. The van der Waals surface area contributed by atoms with E-state index < -0.39 is 0 Å². The van der Waals surface area contributed by atoms with Crippen molar-refractivity contribution in [1.29, 1.82) is 0 Å². The first-order valence-corrected chi connectivity index (χ1v) is 6.74. The van der Waals surface area contributed by atoms with Crippen molar-refractivity contribution in [3.05, 3.63) is 12.2 Å². The third-order valence-corrected chi connectivity index (χ3v) is 2.79. The summed E-state index contributed by atoms with van der Waals surface area (Å²) in [4.78, 5) is 13.9. The first kappa shape index (κ1) is 15.2. The van der Waals surface area contributed by atoms with E-state index in [-0.39, 0.29) is 11.3 Å². The average molecular weight is 254 g/mol. The van der Waals surface area contributed by atoms with Gasteiger partial charge in [0.05, 0.1) is 13.2 Å². The van der Waals surface area contributed by atoms with Gasteiger partial charge in [-0.3, -0.25) is 9.69 Å². The Morgan fingerprint density at radius 1 is 1.33 bits per heavy atom. The van der Waals surface area contributed by atoms with Crippen LogP contribution in [0.25, 0.3) is 0 Å². The van der Waals surface area contributed by atoms with Gasteiger partial charge >= 0.3 is 0 Å². The van der Waals surface area contributed by atoms with E-state index in [1.54, 1.807) is 6.08 Å². The van der Waals surface area contributed by atoms with Crippen LogP contribution >= 0.6 is 0 Å². The zero-order valence-corrected chi connectivity index (χ0v) is 11.9. The molecule has 104 valence electrons. The lowest BCUT2D eigenvalue weighted by atomic mass is 9.96. The van der Waals surface area contributed by atoms with E-state index in [0.29, 0.717) is 0 Å².